The smallest absolute Gasteiger partial charge is 0.200 e. The average Bonchev–Trinajstić information content (AvgIpc) is 2.59. The molecule has 0 aliphatic rings. The molecule has 0 amide bonds. The third kappa shape index (κ3) is 8.47. The molecule has 1 unspecified atom stereocenters. The minimum absolute atomic E-state index is 0.103. The Morgan fingerprint density at radius 3 is 2.00 bits per heavy atom. The number of unbranched alkanes of at least 4 members (excludes halogenated alkanes) is 9. The van der Waals surface area contributed by atoms with E-state index in [-0.39, 0.29) is 17.6 Å². The number of para-hydroxylation sites is 1. The number of ether oxygens (including phenoxy) is 1. The van der Waals surface area contributed by atoms with Gasteiger partial charge in [-0.05, 0) is 31.4 Å². The summed E-state index contributed by atoms with van der Waals surface area (Å²) >= 11 is 0. The van der Waals surface area contributed by atoms with Gasteiger partial charge in [-0.2, -0.15) is 0 Å². The summed E-state index contributed by atoms with van der Waals surface area (Å²) in [5, 5.41) is 19.3. The molecule has 0 fully saturated rings. The van der Waals surface area contributed by atoms with Gasteiger partial charge in [-0.25, -0.2) is 0 Å². The molecule has 0 saturated carbocycles. The van der Waals surface area contributed by atoms with Crippen molar-refractivity contribution in [1.29, 1.82) is 0 Å². The van der Waals surface area contributed by atoms with Gasteiger partial charge in [0.25, 0.3) is 0 Å². The Kier molecular flexibility index (Phi) is 11.2. The van der Waals surface area contributed by atoms with Crippen molar-refractivity contribution in [1.82, 2.24) is 0 Å². The van der Waals surface area contributed by atoms with Gasteiger partial charge in [0.05, 0.1) is 6.10 Å². The largest absolute Gasteiger partial charge is 0.504 e. The summed E-state index contributed by atoms with van der Waals surface area (Å²) in [4.78, 5) is 0. The standard InChI is InChI=1S/C21H36O3/c1-3-5-6-7-8-9-10-11-12-13-15-18(4-2)24-20-17-14-16-19(22)21(20)23/h14,16-18,22-23H,3-13,15H2,1-2H3. The van der Waals surface area contributed by atoms with E-state index in [4.69, 9.17) is 4.74 Å². The van der Waals surface area contributed by atoms with Crippen molar-refractivity contribution in [3.8, 4) is 17.2 Å². The fraction of sp³-hybridized carbons (Fsp3) is 0.714. The fourth-order valence-electron chi connectivity index (χ4n) is 2.99. The van der Waals surface area contributed by atoms with Crippen molar-refractivity contribution in [2.45, 2.75) is 97.0 Å². The molecule has 1 aromatic rings. The van der Waals surface area contributed by atoms with Crippen LogP contribution in [0.25, 0.3) is 0 Å². The van der Waals surface area contributed by atoms with E-state index >= 15 is 0 Å². The molecule has 3 heteroatoms. The van der Waals surface area contributed by atoms with Crippen LogP contribution in [-0.2, 0) is 0 Å². The van der Waals surface area contributed by atoms with Crippen molar-refractivity contribution in [2.24, 2.45) is 0 Å². The molecule has 0 heterocycles. The van der Waals surface area contributed by atoms with E-state index in [1.54, 1.807) is 12.1 Å². The molecular weight excluding hydrogens is 300 g/mol. The van der Waals surface area contributed by atoms with Crippen LogP contribution in [0.5, 0.6) is 17.2 Å². The maximum Gasteiger partial charge on any atom is 0.200 e. The predicted octanol–water partition coefficient (Wildman–Crippen LogP) is 6.57. The Morgan fingerprint density at radius 2 is 1.42 bits per heavy atom. The molecule has 24 heavy (non-hydrogen) atoms. The van der Waals surface area contributed by atoms with Gasteiger partial charge >= 0.3 is 0 Å². The second kappa shape index (κ2) is 13.0. The summed E-state index contributed by atoms with van der Waals surface area (Å²) in [5.41, 5.74) is 0. The van der Waals surface area contributed by atoms with Crippen molar-refractivity contribution < 1.29 is 14.9 Å². The minimum Gasteiger partial charge on any atom is -0.504 e. The second-order valence-electron chi connectivity index (χ2n) is 6.74. The Labute approximate surface area is 148 Å². The number of hydrogen-bond donors (Lipinski definition) is 2. The molecule has 0 spiro atoms. The highest BCUT2D eigenvalue weighted by atomic mass is 16.5. The van der Waals surface area contributed by atoms with Crippen LogP contribution >= 0.6 is 0 Å². The van der Waals surface area contributed by atoms with Crippen molar-refractivity contribution in [3.05, 3.63) is 18.2 Å². The number of rotatable bonds is 14. The van der Waals surface area contributed by atoms with Crippen molar-refractivity contribution >= 4 is 0 Å². The van der Waals surface area contributed by atoms with E-state index in [2.05, 4.69) is 13.8 Å². The third-order valence-electron chi connectivity index (χ3n) is 4.61. The first kappa shape index (κ1) is 20.7. The number of aromatic hydroxyl groups is 2. The lowest BCUT2D eigenvalue weighted by Crippen LogP contribution is -2.15. The maximum atomic E-state index is 9.81. The second-order valence-corrected chi connectivity index (χ2v) is 6.74. The maximum absolute atomic E-state index is 9.81. The molecule has 0 aromatic heterocycles. The summed E-state index contributed by atoms with van der Waals surface area (Å²) in [6.07, 6.45) is 15.3. The van der Waals surface area contributed by atoms with E-state index in [0.29, 0.717) is 5.75 Å². The van der Waals surface area contributed by atoms with E-state index < -0.39 is 0 Å². The van der Waals surface area contributed by atoms with Crippen LogP contribution in [0.1, 0.15) is 90.9 Å². The zero-order chi connectivity index (χ0) is 17.6. The highest BCUT2D eigenvalue weighted by molar-refractivity contribution is 5.48. The Morgan fingerprint density at radius 1 is 0.833 bits per heavy atom. The van der Waals surface area contributed by atoms with E-state index in [1.165, 1.54) is 63.9 Å². The molecule has 1 rings (SSSR count). The van der Waals surface area contributed by atoms with Gasteiger partial charge in [0, 0.05) is 0 Å². The predicted molar refractivity (Wildman–Crippen MR) is 101 cm³/mol. The number of phenols is 2. The van der Waals surface area contributed by atoms with Gasteiger partial charge in [0.2, 0.25) is 5.75 Å². The SMILES string of the molecule is CCCCCCCCCCCCC(CC)Oc1cccc(O)c1O. The van der Waals surface area contributed by atoms with Gasteiger partial charge in [-0.3, -0.25) is 0 Å². The van der Waals surface area contributed by atoms with Gasteiger partial charge < -0.3 is 14.9 Å². The number of hydrogen-bond acceptors (Lipinski definition) is 3. The third-order valence-corrected chi connectivity index (χ3v) is 4.61. The molecular formula is C21H36O3. The van der Waals surface area contributed by atoms with E-state index in [0.717, 1.165) is 19.3 Å². The zero-order valence-electron chi connectivity index (χ0n) is 15.6. The van der Waals surface area contributed by atoms with Crippen LogP contribution in [0.4, 0.5) is 0 Å². The minimum atomic E-state index is -0.154. The van der Waals surface area contributed by atoms with Gasteiger partial charge in [-0.15, -0.1) is 0 Å². The lowest BCUT2D eigenvalue weighted by molar-refractivity contribution is 0.174. The lowest BCUT2D eigenvalue weighted by atomic mass is 10.0. The topological polar surface area (TPSA) is 49.7 Å². The van der Waals surface area contributed by atoms with Crippen LogP contribution in [0.2, 0.25) is 0 Å². The first-order valence-electron chi connectivity index (χ1n) is 9.86. The molecule has 0 aliphatic heterocycles. The van der Waals surface area contributed by atoms with Gasteiger partial charge in [0.1, 0.15) is 0 Å². The monoisotopic (exact) mass is 336 g/mol. The summed E-state index contributed by atoms with van der Waals surface area (Å²) < 4.78 is 5.85. The first-order valence-corrected chi connectivity index (χ1v) is 9.86. The first-order chi connectivity index (χ1) is 11.7. The summed E-state index contributed by atoms with van der Waals surface area (Å²) in [7, 11) is 0. The summed E-state index contributed by atoms with van der Waals surface area (Å²) in [6, 6.07) is 4.86. The van der Waals surface area contributed by atoms with Gasteiger partial charge in [-0.1, -0.05) is 77.7 Å². The van der Waals surface area contributed by atoms with Crippen LogP contribution in [-0.4, -0.2) is 16.3 Å². The Hall–Kier alpha value is -1.38. The highest BCUT2D eigenvalue weighted by Gasteiger charge is 2.13. The molecule has 0 bridgehead atoms. The Bertz CT molecular complexity index is 431. The molecule has 3 nitrogen and oxygen atoms in total. The quantitative estimate of drug-likeness (QED) is 0.298. The van der Waals surface area contributed by atoms with Crippen molar-refractivity contribution in [2.75, 3.05) is 0 Å². The van der Waals surface area contributed by atoms with Crippen LogP contribution in [0.3, 0.4) is 0 Å². The summed E-state index contributed by atoms with van der Waals surface area (Å²) in [6.45, 7) is 4.36. The van der Waals surface area contributed by atoms with E-state index in [9.17, 15) is 10.2 Å². The van der Waals surface area contributed by atoms with Crippen LogP contribution in [0, 0.1) is 0 Å². The highest BCUT2D eigenvalue weighted by Crippen LogP contribution is 2.35. The molecule has 0 radical (unpaired) electrons. The van der Waals surface area contributed by atoms with Crippen LogP contribution < -0.4 is 4.74 Å². The molecule has 1 atom stereocenters. The average molecular weight is 337 g/mol. The van der Waals surface area contributed by atoms with Gasteiger partial charge in [0.15, 0.2) is 11.5 Å². The lowest BCUT2D eigenvalue weighted by Gasteiger charge is -2.18. The Balaban J connectivity index is 2.11. The zero-order valence-corrected chi connectivity index (χ0v) is 15.6. The molecule has 138 valence electrons. The molecule has 0 saturated heterocycles. The van der Waals surface area contributed by atoms with E-state index in [1.807, 2.05) is 0 Å². The number of benzene rings is 1. The molecule has 2 N–H and O–H groups in total. The number of phenolic OH excluding ortho intramolecular Hbond substituents is 2. The van der Waals surface area contributed by atoms with Crippen LogP contribution in [0.15, 0.2) is 18.2 Å². The summed E-state index contributed by atoms with van der Waals surface area (Å²) in [5.74, 6) is 0.106. The fourth-order valence-corrected chi connectivity index (χ4v) is 2.99. The molecule has 1 aromatic carbocycles. The molecule has 0 aliphatic carbocycles. The van der Waals surface area contributed by atoms with Crippen molar-refractivity contribution in [3.63, 3.8) is 0 Å². The normalized spacial score (nSPS) is 12.2.